The molecular formula is C35H38N4O2. The number of hydrogen-bond acceptors (Lipinski definition) is 4. The number of amides is 2. The summed E-state index contributed by atoms with van der Waals surface area (Å²) >= 11 is 0. The van der Waals surface area contributed by atoms with Crippen LogP contribution in [-0.4, -0.2) is 56.0 Å². The molecule has 0 bridgehead atoms. The number of carbonyl (C=O) groups excluding carboxylic acids is 2. The van der Waals surface area contributed by atoms with Crippen molar-refractivity contribution in [2.75, 3.05) is 54.4 Å². The van der Waals surface area contributed by atoms with Crippen LogP contribution in [0.2, 0.25) is 0 Å². The van der Waals surface area contributed by atoms with Crippen molar-refractivity contribution in [3.05, 3.63) is 114 Å². The Bertz CT molecular complexity index is 1470. The normalized spacial score (nSPS) is 13.0. The molecule has 210 valence electrons. The van der Waals surface area contributed by atoms with Gasteiger partial charge in [-0.3, -0.25) is 9.59 Å². The van der Waals surface area contributed by atoms with Gasteiger partial charge in [0.25, 0.3) is 11.8 Å². The van der Waals surface area contributed by atoms with Crippen LogP contribution in [0, 0.1) is 0 Å². The summed E-state index contributed by atoms with van der Waals surface area (Å²) in [6.45, 7) is 9.96. The highest BCUT2D eigenvalue weighted by atomic mass is 16.2. The van der Waals surface area contributed by atoms with Gasteiger partial charge in [-0.2, -0.15) is 0 Å². The highest BCUT2D eigenvalue weighted by Gasteiger charge is 2.25. The van der Waals surface area contributed by atoms with Crippen molar-refractivity contribution >= 4 is 28.9 Å². The van der Waals surface area contributed by atoms with Crippen molar-refractivity contribution in [1.82, 2.24) is 4.90 Å². The maximum absolute atomic E-state index is 13.7. The van der Waals surface area contributed by atoms with Crippen LogP contribution in [0.3, 0.4) is 0 Å². The number of hydrogen-bond donors (Lipinski definition) is 1. The van der Waals surface area contributed by atoms with E-state index in [2.05, 4.69) is 35.0 Å². The Labute approximate surface area is 243 Å². The lowest BCUT2D eigenvalue weighted by Gasteiger charge is -2.29. The van der Waals surface area contributed by atoms with E-state index in [0.717, 1.165) is 61.6 Å². The summed E-state index contributed by atoms with van der Waals surface area (Å²) < 4.78 is 0. The zero-order valence-electron chi connectivity index (χ0n) is 23.9. The fraction of sp³-hybridized carbons (Fsp3) is 0.257. The zero-order chi connectivity index (χ0) is 28.6. The molecule has 6 heteroatoms. The van der Waals surface area contributed by atoms with Crippen molar-refractivity contribution in [1.29, 1.82) is 0 Å². The molecule has 1 heterocycles. The third-order valence-electron chi connectivity index (χ3n) is 7.79. The number of anilines is 3. The second-order valence-electron chi connectivity index (χ2n) is 10.3. The molecule has 0 aliphatic carbocycles. The van der Waals surface area contributed by atoms with Gasteiger partial charge in [0, 0.05) is 43.0 Å². The standard InChI is InChI=1S/C35H38N4O2/c1-3-37(4-2)25-26-38-23-12-24-39(33-18-11-10-17-32(33)38)35(41)28-19-21-29(22-20-28)36-34(40)31-16-9-8-15-30(31)27-13-6-5-7-14-27/h5-11,13-22H,3-4,12,23-26H2,1-2H3,(H,36,40). The number of fused-ring (bicyclic) bond motifs is 1. The predicted molar refractivity (Wildman–Crippen MR) is 169 cm³/mol. The molecule has 0 aromatic heterocycles. The van der Waals surface area contributed by atoms with E-state index in [9.17, 15) is 9.59 Å². The Kier molecular flexibility index (Phi) is 9.12. The van der Waals surface area contributed by atoms with E-state index < -0.39 is 0 Å². The van der Waals surface area contributed by atoms with Crippen molar-refractivity contribution in [2.45, 2.75) is 20.3 Å². The molecule has 1 aliphatic rings. The molecule has 0 radical (unpaired) electrons. The molecule has 0 spiro atoms. The van der Waals surface area contributed by atoms with Crippen LogP contribution in [0.25, 0.3) is 11.1 Å². The smallest absolute Gasteiger partial charge is 0.258 e. The molecular weight excluding hydrogens is 508 g/mol. The molecule has 0 atom stereocenters. The molecule has 0 saturated heterocycles. The van der Waals surface area contributed by atoms with Crippen LogP contribution in [-0.2, 0) is 0 Å². The van der Waals surface area contributed by atoms with Crippen molar-refractivity contribution in [3.63, 3.8) is 0 Å². The van der Waals surface area contributed by atoms with Crippen LogP contribution in [0.4, 0.5) is 17.1 Å². The monoisotopic (exact) mass is 546 g/mol. The number of nitrogens with zero attached hydrogens (tertiary/aromatic N) is 3. The van der Waals surface area contributed by atoms with E-state index in [-0.39, 0.29) is 11.8 Å². The molecule has 4 aromatic rings. The summed E-state index contributed by atoms with van der Waals surface area (Å²) in [7, 11) is 0. The number of benzene rings is 4. The van der Waals surface area contributed by atoms with E-state index in [1.54, 1.807) is 24.3 Å². The van der Waals surface area contributed by atoms with Crippen LogP contribution in [0.1, 0.15) is 41.0 Å². The average molecular weight is 547 g/mol. The first-order valence-corrected chi connectivity index (χ1v) is 14.5. The van der Waals surface area contributed by atoms with Gasteiger partial charge in [0.05, 0.1) is 11.4 Å². The Morgan fingerprint density at radius 1 is 0.756 bits per heavy atom. The van der Waals surface area contributed by atoms with Gasteiger partial charge in [-0.15, -0.1) is 0 Å². The SMILES string of the molecule is CCN(CC)CCN1CCCN(C(=O)c2ccc(NC(=O)c3ccccc3-c3ccccc3)cc2)c2ccccc21. The van der Waals surface area contributed by atoms with Crippen LogP contribution >= 0.6 is 0 Å². The first-order chi connectivity index (χ1) is 20.1. The molecule has 5 rings (SSSR count). The Hall–Kier alpha value is -4.42. The van der Waals surface area contributed by atoms with Crippen molar-refractivity contribution < 1.29 is 9.59 Å². The highest BCUT2D eigenvalue weighted by Crippen LogP contribution is 2.33. The quantitative estimate of drug-likeness (QED) is 0.251. The fourth-order valence-corrected chi connectivity index (χ4v) is 5.47. The van der Waals surface area contributed by atoms with Gasteiger partial charge >= 0.3 is 0 Å². The van der Waals surface area contributed by atoms with Gasteiger partial charge in [0.1, 0.15) is 0 Å². The zero-order valence-corrected chi connectivity index (χ0v) is 23.9. The number of rotatable bonds is 9. The van der Waals surface area contributed by atoms with Crippen LogP contribution < -0.4 is 15.1 Å². The molecule has 6 nitrogen and oxygen atoms in total. The Morgan fingerprint density at radius 2 is 1.41 bits per heavy atom. The Balaban J connectivity index is 1.31. The largest absolute Gasteiger partial charge is 0.368 e. The second kappa shape index (κ2) is 13.3. The van der Waals surface area contributed by atoms with Gasteiger partial charge in [-0.25, -0.2) is 0 Å². The molecule has 0 saturated carbocycles. The maximum atomic E-state index is 13.7. The van der Waals surface area contributed by atoms with Crippen molar-refractivity contribution in [2.24, 2.45) is 0 Å². The first kappa shape index (κ1) is 28.1. The molecule has 2 amide bonds. The molecule has 1 aliphatic heterocycles. The van der Waals surface area contributed by atoms with Gasteiger partial charge in [-0.05, 0) is 73.1 Å². The minimum Gasteiger partial charge on any atom is -0.368 e. The number of likely N-dealkylation sites (N-methyl/N-ethyl adjacent to an activating group) is 1. The lowest BCUT2D eigenvalue weighted by Crippen LogP contribution is -2.35. The second-order valence-corrected chi connectivity index (χ2v) is 10.3. The lowest BCUT2D eigenvalue weighted by molar-refractivity contribution is 0.0986. The van der Waals surface area contributed by atoms with Gasteiger partial charge < -0.3 is 20.0 Å². The summed E-state index contributed by atoms with van der Waals surface area (Å²) in [6.07, 6.45) is 0.896. The third kappa shape index (κ3) is 6.50. The minimum absolute atomic E-state index is 0.0321. The number of carbonyl (C=O) groups is 2. The van der Waals surface area contributed by atoms with Gasteiger partial charge in [0.2, 0.25) is 0 Å². The summed E-state index contributed by atoms with van der Waals surface area (Å²) in [5.41, 5.74) is 5.76. The third-order valence-corrected chi connectivity index (χ3v) is 7.79. The van der Waals surface area contributed by atoms with Crippen molar-refractivity contribution in [3.8, 4) is 11.1 Å². The average Bonchev–Trinajstić information content (AvgIpc) is 3.21. The Morgan fingerprint density at radius 3 is 2.15 bits per heavy atom. The maximum Gasteiger partial charge on any atom is 0.258 e. The molecule has 0 fully saturated rings. The minimum atomic E-state index is -0.185. The first-order valence-electron chi connectivity index (χ1n) is 14.5. The molecule has 1 N–H and O–H groups in total. The van der Waals surface area contributed by atoms with Crippen LogP contribution in [0.5, 0.6) is 0 Å². The van der Waals surface area contributed by atoms with Gasteiger partial charge in [-0.1, -0.05) is 74.5 Å². The fourth-order valence-electron chi connectivity index (χ4n) is 5.47. The predicted octanol–water partition coefficient (Wildman–Crippen LogP) is 6.80. The summed E-state index contributed by atoms with van der Waals surface area (Å²) in [4.78, 5) is 33.7. The highest BCUT2D eigenvalue weighted by molar-refractivity contribution is 6.10. The van der Waals surface area contributed by atoms with Crippen LogP contribution in [0.15, 0.2) is 103 Å². The topological polar surface area (TPSA) is 55.9 Å². The van der Waals surface area contributed by atoms with E-state index in [0.29, 0.717) is 23.4 Å². The van der Waals surface area contributed by atoms with E-state index in [1.165, 1.54) is 0 Å². The summed E-state index contributed by atoms with van der Waals surface area (Å²) in [6, 6.07) is 32.9. The number of para-hydroxylation sites is 2. The summed E-state index contributed by atoms with van der Waals surface area (Å²) in [5, 5.41) is 3.00. The number of nitrogens with one attached hydrogen (secondary N) is 1. The summed E-state index contributed by atoms with van der Waals surface area (Å²) in [5.74, 6) is -0.217. The molecule has 0 unspecified atom stereocenters. The van der Waals surface area contributed by atoms with E-state index >= 15 is 0 Å². The van der Waals surface area contributed by atoms with E-state index in [4.69, 9.17) is 0 Å². The van der Waals surface area contributed by atoms with Gasteiger partial charge in [0.15, 0.2) is 0 Å². The molecule has 4 aromatic carbocycles. The van der Waals surface area contributed by atoms with E-state index in [1.807, 2.05) is 77.7 Å². The molecule has 41 heavy (non-hydrogen) atoms. The lowest BCUT2D eigenvalue weighted by atomic mass is 9.99.